The summed E-state index contributed by atoms with van der Waals surface area (Å²) in [5.74, 6) is 0.502. The number of aromatic nitrogens is 1. The molecule has 2 aromatic rings. The second kappa shape index (κ2) is 5.14. The molecule has 5 nitrogen and oxygen atoms in total. The molecular weight excluding hydrogens is 300 g/mol. The van der Waals surface area contributed by atoms with Gasteiger partial charge in [0.15, 0.2) is 0 Å². The highest BCUT2D eigenvalue weighted by Gasteiger charge is 2.16. The summed E-state index contributed by atoms with van der Waals surface area (Å²) in [7, 11) is 0. The Hall–Kier alpha value is -1.95. The Bertz CT molecular complexity index is 602. The molecule has 2 rings (SSSR count). The van der Waals surface area contributed by atoms with E-state index in [0.29, 0.717) is 5.75 Å². The van der Waals surface area contributed by atoms with Gasteiger partial charge in [-0.05, 0) is 36.8 Å². The number of aryl methyl sites for hydroxylation is 1. The minimum atomic E-state index is -0.520. The lowest BCUT2D eigenvalue weighted by Crippen LogP contribution is -1.95. The summed E-state index contributed by atoms with van der Waals surface area (Å²) in [6.07, 6.45) is 1.45. The Morgan fingerprint density at radius 1 is 1.39 bits per heavy atom. The van der Waals surface area contributed by atoms with Crippen LogP contribution in [0.2, 0.25) is 0 Å². The van der Waals surface area contributed by atoms with Crippen LogP contribution in [0.3, 0.4) is 0 Å². The van der Waals surface area contributed by atoms with E-state index in [0.717, 1.165) is 10.0 Å². The molecule has 0 radical (unpaired) electrons. The zero-order chi connectivity index (χ0) is 13.1. The first-order chi connectivity index (χ1) is 8.58. The zero-order valence-corrected chi connectivity index (χ0v) is 11.0. The summed E-state index contributed by atoms with van der Waals surface area (Å²) in [6, 6.07) is 8.17. The van der Waals surface area contributed by atoms with Gasteiger partial charge in [-0.2, -0.15) is 0 Å². The van der Waals surface area contributed by atoms with Crippen LogP contribution in [0.4, 0.5) is 5.69 Å². The van der Waals surface area contributed by atoms with Crippen LogP contribution in [0.5, 0.6) is 11.6 Å². The molecule has 1 aromatic carbocycles. The fraction of sp³-hybridized carbons (Fsp3) is 0.0833. The molecule has 6 heteroatoms. The van der Waals surface area contributed by atoms with Gasteiger partial charge in [-0.25, -0.2) is 4.98 Å². The fourth-order valence-corrected chi connectivity index (χ4v) is 1.64. The van der Waals surface area contributed by atoms with Crippen LogP contribution < -0.4 is 4.74 Å². The largest absolute Gasteiger partial charge is 0.434 e. The molecule has 0 saturated carbocycles. The van der Waals surface area contributed by atoms with Gasteiger partial charge in [0, 0.05) is 16.7 Å². The highest BCUT2D eigenvalue weighted by molar-refractivity contribution is 9.10. The van der Waals surface area contributed by atoms with Crippen LogP contribution in [0.25, 0.3) is 0 Å². The molecule has 0 N–H and O–H groups in total. The van der Waals surface area contributed by atoms with Gasteiger partial charge in [-0.3, -0.25) is 10.1 Å². The Morgan fingerprint density at radius 2 is 2.17 bits per heavy atom. The van der Waals surface area contributed by atoms with Crippen LogP contribution in [0.1, 0.15) is 5.56 Å². The molecule has 0 aliphatic heterocycles. The molecule has 0 atom stereocenters. The first kappa shape index (κ1) is 12.5. The third kappa shape index (κ3) is 2.65. The molecule has 0 unspecified atom stereocenters. The quantitative estimate of drug-likeness (QED) is 0.638. The number of benzene rings is 1. The van der Waals surface area contributed by atoms with Crippen molar-refractivity contribution in [2.24, 2.45) is 0 Å². The molecule has 1 heterocycles. The van der Waals surface area contributed by atoms with Gasteiger partial charge in [-0.1, -0.05) is 15.9 Å². The standard InChI is InChI=1S/C12H9BrN2O3/c1-8-7-9(4-5-10(8)13)18-12-11(15(16)17)3-2-6-14-12/h2-7H,1H3. The van der Waals surface area contributed by atoms with Crippen LogP contribution in [-0.4, -0.2) is 9.91 Å². The molecule has 1 aromatic heterocycles. The van der Waals surface area contributed by atoms with Gasteiger partial charge in [0.05, 0.1) is 4.92 Å². The SMILES string of the molecule is Cc1cc(Oc2ncccc2[N+](=O)[O-])ccc1Br. The van der Waals surface area contributed by atoms with Crippen molar-refractivity contribution in [1.29, 1.82) is 0 Å². The van der Waals surface area contributed by atoms with Crippen molar-refractivity contribution in [3.05, 3.63) is 56.7 Å². The van der Waals surface area contributed by atoms with Crippen LogP contribution in [0.15, 0.2) is 41.0 Å². The molecular formula is C12H9BrN2O3. The monoisotopic (exact) mass is 308 g/mol. The number of hydrogen-bond acceptors (Lipinski definition) is 4. The average Bonchev–Trinajstić information content (AvgIpc) is 2.34. The first-order valence-corrected chi connectivity index (χ1v) is 5.90. The molecule has 0 fully saturated rings. The first-order valence-electron chi connectivity index (χ1n) is 5.11. The summed E-state index contributed by atoms with van der Waals surface area (Å²) in [6.45, 7) is 1.91. The molecule has 0 aliphatic carbocycles. The topological polar surface area (TPSA) is 65.3 Å². The van der Waals surface area contributed by atoms with Gasteiger partial charge in [0.2, 0.25) is 0 Å². The predicted octanol–water partition coefficient (Wildman–Crippen LogP) is 3.85. The van der Waals surface area contributed by atoms with Crippen molar-refractivity contribution in [2.45, 2.75) is 6.92 Å². The lowest BCUT2D eigenvalue weighted by atomic mass is 10.2. The van der Waals surface area contributed by atoms with E-state index in [1.165, 1.54) is 18.3 Å². The maximum Gasteiger partial charge on any atom is 0.331 e. The van der Waals surface area contributed by atoms with Gasteiger partial charge in [-0.15, -0.1) is 0 Å². The lowest BCUT2D eigenvalue weighted by molar-refractivity contribution is -0.386. The third-order valence-corrected chi connectivity index (χ3v) is 3.18. The Morgan fingerprint density at radius 3 is 2.83 bits per heavy atom. The summed E-state index contributed by atoms with van der Waals surface area (Å²) < 4.78 is 6.38. The fourth-order valence-electron chi connectivity index (χ4n) is 1.39. The maximum absolute atomic E-state index is 10.8. The number of nitro groups is 1. The maximum atomic E-state index is 10.8. The lowest BCUT2D eigenvalue weighted by Gasteiger charge is -2.06. The van der Waals surface area contributed by atoms with Gasteiger partial charge in [0.1, 0.15) is 5.75 Å². The summed E-state index contributed by atoms with van der Waals surface area (Å²) >= 11 is 3.37. The van der Waals surface area contributed by atoms with Crippen molar-refractivity contribution in [2.75, 3.05) is 0 Å². The summed E-state index contributed by atoms with van der Waals surface area (Å²) in [4.78, 5) is 14.2. The van der Waals surface area contributed by atoms with Gasteiger partial charge < -0.3 is 4.74 Å². The highest BCUT2D eigenvalue weighted by Crippen LogP contribution is 2.30. The normalized spacial score (nSPS) is 10.1. The molecule has 0 saturated heterocycles. The molecule has 0 amide bonds. The highest BCUT2D eigenvalue weighted by atomic mass is 79.9. The molecule has 0 aliphatic rings. The van der Waals surface area contributed by atoms with E-state index >= 15 is 0 Å². The molecule has 92 valence electrons. The second-order valence-electron chi connectivity index (χ2n) is 3.60. The second-order valence-corrected chi connectivity index (χ2v) is 4.45. The molecule has 0 bridgehead atoms. The number of halogens is 1. The number of nitrogens with zero attached hydrogens (tertiary/aromatic N) is 2. The van der Waals surface area contributed by atoms with Crippen molar-refractivity contribution < 1.29 is 9.66 Å². The van der Waals surface area contributed by atoms with E-state index in [1.807, 2.05) is 13.0 Å². The van der Waals surface area contributed by atoms with E-state index < -0.39 is 4.92 Å². The average molecular weight is 309 g/mol. The van der Waals surface area contributed by atoms with Crippen LogP contribution in [-0.2, 0) is 0 Å². The molecule has 0 spiro atoms. The minimum absolute atomic E-state index is 0.00998. The number of ether oxygens (including phenoxy) is 1. The van der Waals surface area contributed by atoms with Crippen molar-refractivity contribution >= 4 is 21.6 Å². The number of rotatable bonds is 3. The van der Waals surface area contributed by atoms with E-state index in [4.69, 9.17) is 4.74 Å². The molecule has 18 heavy (non-hydrogen) atoms. The summed E-state index contributed by atoms with van der Waals surface area (Å²) in [5.41, 5.74) is 0.823. The smallest absolute Gasteiger partial charge is 0.331 e. The summed E-state index contributed by atoms with van der Waals surface area (Å²) in [5, 5.41) is 10.8. The van der Waals surface area contributed by atoms with E-state index in [2.05, 4.69) is 20.9 Å². The number of hydrogen-bond donors (Lipinski definition) is 0. The van der Waals surface area contributed by atoms with E-state index in [1.54, 1.807) is 12.1 Å². The van der Waals surface area contributed by atoms with E-state index in [9.17, 15) is 10.1 Å². The van der Waals surface area contributed by atoms with Gasteiger partial charge >= 0.3 is 5.69 Å². The Labute approximate surface area is 112 Å². The van der Waals surface area contributed by atoms with Crippen molar-refractivity contribution in [1.82, 2.24) is 4.98 Å². The minimum Gasteiger partial charge on any atom is -0.434 e. The van der Waals surface area contributed by atoms with Crippen molar-refractivity contribution in [3.8, 4) is 11.6 Å². The zero-order valence-electron chi connectivity index (χ0n) is 9.46. The van der Waals surface area contributed by atoms with Crippen LogP contribution in [0, 0.1) is 17.0 Å². The van der Waals surface area contributed by atoms with E-state index in [-0.39, 0.29) is 11.6 Å². The van der Waals surface area contributed by atoms with Crippen molar-refractivity contribution in [3.63, 3.8) is 0 Å². The van der Waals surface area contributed by atoms with Crippen LogP contribution >= 0.6 is 15.9 Å². The third-order valence-electron chi connectivity index (χ3n) is 2.29. The Kier molecular flexibility index (Phi) is 3.57. The predicted molar refractivity (Wildman–Crippen MR) is 69.8 cm³/mol. The van der Waals surface area contributed by atoms with Gasteiger partial charge in [0.25, 0.3) is 5.88 Å². The number of pyridine rings is 1. The Balaban J connectivity index is 2.34.